The lowest BCUT2D eigenvalue weighted by atomic mass is 10.2. The van der Waals surface area contributed by atoms with Crippen LogP contribution < -0.4 is 16.5 Å². The number of hydrazone groups is 1. The van der Waals surface area contributed by atoms with Gasteiger partial charge in [0.1, 0.15) is 6.04 Å². The van der Waals surface area contributed by atoms with Crippen molar-refractivity contribution in [2.45, 2.75) is 6.04 Å². The first-order chi connectivity index (χ1) is 7.61. The van der Waals surface area contributed by atoms with Crippen LogP contribution >= 0.6 is 0 Å². The number of nitrogens with two attached hydrogens (primary N) is 2. The Morgan fingerprint density at radius 3 is 2.44 bits per heavy atom. The SMILES string of the molecule is NC(=O)C1=NN(c2ccccc2)C(=O)C1N. The molecule has 1 unspecified atom stereocenters. The molecule has 6 nitrogen and oxygen atoms in total. The molecule has 0 saturated heterocycles. The second kappa shape index (κ2) is 3.74. The van der Waals surface area contributed by atoms with Crippen molar-refractivity contribution in [2.75, 3.05) is 5.01 Å². The van der Waals surface area contributed by atoms with E-state index in [9.17, 15) is 9.59 Å². The number of para-hydroxylation sites is 1. The number of carbonyl (C=O) groups excluding carboxylic acids is 2. The van der Waals surface area contributed by atoms with E-state index in [0.29, 0.717) is 5.69 Å². The Bertz CT molecular complexity index is 469. The third-order valence-electron chi connectivity index (χ3n) is 2.23. The summed E-state index contributed by atoms with van der Waals surface area (Å²) in [5.41, 5.74) is 11.0. The van der Waals surface area contributed by atoms with Crippen LogP contribution in [-0.2, 0) is 9.59 Å². The van der Waals surface area contributed by atoms with Crippen LogP contribution in [0.1, 0.15) is 0 Å². The average molecular weight is 218 g/mol. The van der Waals surface area contributed by atoms with Crippen molar-refractivity contribution >= 4 is 23.2 Å². The number of nitrogens with zero attached hydrogens (tertiary/aromatic N) is 2. The molecule has 2 amide bonds. The molecule has 1 heterocycles. The van der Waals surface area contributed by atoms with Gasteiger partial charge in [-0.05, 0) is 12.1 Å². The molecule has 82 valence electrons. The number of rotatable bonds is 2. The highest BCUT2D eigenvalue weighted by Gasteiger charge is 2.36. The second-order valence-electron chi connectivity index (χ2n) is 3.31. The van der Waals surface area contributed by atoms with Crippen molar-refractivity contribution in [1.29, 1.82) is 0 Å². The Kier molecular flexibility index (Phi) is 2.41. The minimum absolute atomic E-state index is 0.117. The fraction of sp³-hybridized carbons (Fsp3) is 0.100. The van der Waals surface area contributed by atoms with Gasteiger partial charge in [0.15, 0.2) is 5.71 Å². The standard InChI is InChI=1S/C10H10N4O2/c11-7-8(9(12)15)13-14(10(7)16)6-4-2-1-3-5-6/h1-5,7H,11H2,(H2,12,15). The largest absolute Gasteiger partial charge is 0.364 e. The minimum atomic E-state index is -1.07. The lowest BCUT2D eigenvalue weighted by molar-refractivity contribution is -0.118. The van der Waals surface area contributed by atoms with Gasteiger partial charge in [-0.15, -0.1) is 0 Å². The molecule has 0 radical (unpaired) electrons. The van der Waals surface area contributed by atoms with Crippen LogP contribution in [-0.4, -0.2) is 23.6 Å². The van der Waals surface area contributed by atoms with Gasteiger partial charge in [-0.25, -0.2) is 0 Å². The number of amides is 2. The van der Waals surface area contributed by atoms with Gasteiger partial charge in [-0.1, -0.05) is 18.2 Å². The summed E-state index contributed by atoms with van der Waals surface area (Å²) < 4.78 is 0. The van der Waals surface area contributed by atoms with Crippen LogP contribution in [0.15, 0.2) is 35.4 Å². The van der Waals surface area contributed by atoms with Crippen LogP contribution in [0.25, 0.3) is 0 Å². The molecule has 0 bridgehead atoms. The third-order valence-corrected chi connectivity index (χ3v) is 2.23. The Labute approximate surface area is 91.5 Å². The van der Waals surface area contributed by atoms with Gasteiger partial charge < -0.3 is 11.5 Å². The van der Waals surface area contributed by atoms with Crippen LogP contribution in [0.2, 0.25) is 0 Å². The van der Waals surface area contributed by atoms with Gasteiger partial charge in [0, 0.05) is 0 Å². The van der Waals surface area contributed by atoms with Crippen molar-refractivity contribution in [3.05, 3.63) is 30.3 Å². The van der Waals surface area contributed by atoms with Crippen LogP contribution in [0.4, 0.5) is 5.69 Å². The summed E-state index contributed by atoms with van der Waals surface area (Å²) in [6, 6.07) is 7.63. The average Bonchev–Trinajstić information content (AvgIpc) is 2.58. The van der Waals surface area contributed by atoms with Crippen molar-refractivity contribution < 1.29 is 9.59 Å². The van der Waals surface area contributed by atoms with Crippen molar-refractivity contribution in [1.82, 2.24) is 0 Å². The zero-order valence-corrected chi connectivity index (χ0v) is 8.33. The molecule has 1 atom stereocenters. The molecule has 6 heteroatoms. The summed E-state index contributed by atoms with van der Waals surface area (Å²) in [5, 5.41) is 4.91. The van der Waals surface area contributed by atoms with Crippen LogP contribution in [0, 0.1) is 0 Å². The molecule has 1 aromatic rings. The maximum Gasteiger partial charge on any atom is 0.270 e. The Morgan fingerprint density at radius 2 is 1.94 bits per heavy atom. The van der Waals surface area contributed by atoms with Crippen molar-refractivity contribution in [3.8, 4) is 0 Å². The van der Waals surface area contributed by atoms with Gasteiger partial charge in [0.05, 0.1) is 5.69 Å². The van der Waals surface area contributed by atoms with Crippen LogP contribution in [0.3, 0.4) is 0 Å². The molecule has 0 fully saturated rings. The maximum atomic E-state index is 11.7. The maximum absolute atomic E-state index is 11.7. The summed E-state index contributed by atoms with van der Waals surface area (Å²) in [6.45, 7) is 0. The zero-order chi connectivity index (χ0) is 11.7. The van der Waals surface area contributed by atoms with E-state index in [4.69, 9.17) is 11.5 Å². The van der Waals surface area contributed by atoms with Gasteiger partial charge in [0.2, 0.25) is 0 Å². The molecule has 1 aromatic carbocycles. The van der Waals surface area contributed by atoms with E-state index < -0.39 is 17.9 Å². The van der Waals surface area contributed by atoms with Gasteiger partial charge in [-0.3, -0.25) is 9.59 Å². The van der Waals surface area contributed by atoms with Crippen molar-refractivity contribution in [3.63, 3.8) is 0 Å². The molecular formula is C10H10N4O2. The lowest BCUT2D eigenvalue weighted by Crippen LogP contribution is -2.43. The Hall–Kier alpha value is -2.21. The molecule has 2 rings (SSSR count). The van der Waals surface area contributed by atoms with E-state index in [2.05, 4.69) is 5.10 Å². The summed E-state index contributed by atoms with van der Waals surface area (Å²) in [6.07, 6.45) is 0. The molecule has 0 aliphatic carbocycles. The van der Waals surface area contributed by atoms with E-state index in [-0.39, 0.29) is 5.71 Å². The van der Waals surface area contributed by atoms with Crippen molar-refractivity contribution in [2.24, 2.45) is 16.6 Å². The van der Waals surface area contributed by atoms with Crippen LogP contribution in [0.5, 0.6) is 0 Å². The van der Waals surface area contributed by atoms with E-state index >= 15 is 0 Å². The summed E-state index contributed by atoms with van der Waals surface area (Å²) >= 11 is 0. The predicted molar refractivity (Wildman–Crippen MR) is 58.5 cm³/mol. The first-order valence-electron chi connectivity index (χ1n) is 4.64. The molecule has 0 spiro atoms. The first kappa shape index (κ1) is 10.3. The highest BCUT2D eigenvalue weighted by Crippen LogP contribution is 2.19. The highest BCUT2D eigenvalue weighted by atomic mass is 16.2. The molecule has 4 N–H and O–H groups in total. The normalized spacial score (nSPS) is 19.8. The molecule has 1 aliphatic rings. The lowest BCUT2D eigenvalue weighted by Gasteiger charge is -2.11. The molecular weight excluding hydrogens is 208 g/mol. The van der Waals surface area contributed by atoms with E-state index in [0.717, 1.165) is 5.01 Å². The van der Waals surface area contributed by atoms with Gasteiger partial charge >= 0.3 is 0 Å². The number of primary amides is 1. The molecule has 16 heavy (non-hydrogen) atoms. The quantitative estimate of drug-likeness (QED) is 0.679. The Balaban J connectivity index is 2.38. The Morgan fingerprint density at radius 1 is 1.31 bits per heavy atom. The number of anilines is 1. The predicted octanol–water partition coefficient (Wildman–Crippen LogP) is -0.798. The number of hydrogen-bond donors (Lipinski definition) is 2. The minimum Gasteiger partial charge on any atom is -0.364 e. The first-order valence-corrected chi connectivity index (χ1v) is 4.64. The zero-order valence-electron chi connectivity index (χ0n) is 8.33. The fourth-order valence-corrected chi connectivity index (χ4v) is 1.42. The third kappa shape index (κ3) is 1.55. The van der Waals surface area contributed by atoms with E-state index in [1.54, 1.807) is 24.3 Å². The number of hydrogen-bond acceptors (Lipinski definition) is 4. The summed E-state index contributed by atoms with van der Waals surface area (Å²) in [5.74, 6) is -1.24. The van der Waals surface area contributed by atoms with Gasteiger partial charge in [0.25, 0.3) is 11.8 Å². The molecule has 0 saturated carbocycles. The highest BCUT2D eigenvalue weighted by molar-refractivity contribution is 6.47. The second-order valence-corrected chi connectivity index (χ2v) is 3.31. The summed E-state index contributed by atoms with van der Waals surface area (Å²) in [7, 11) is 0. The van der Waals surface area contributed by atoms with E-state index in [1.165, 1.54) is 0 Å². The summed E-state index contributed by atoms with van der Waals surface area (Å²) in [4.78, 5) is 22.7. The number of carbonyl (C=O) groups is 2. The fourth-order valence-electron chi connectivity index (χ4n) is 1.42. The molecule has 1 aliphatic heterocycles. The number of benzene rings is 1. The monoisotopic (exact) mass is 218 g/mol. The van der Waals surface area contributed by atoms with Gasteiger partial charge in [-0.2, -0.15) is 10.1 Å². The molecule has 0 aromatic heterocycles. The topological polar surface area (TPSA) is 102 Å². The smallest absolute Gasteiger partial charge is 0.270 e. The van der Waals surface area contributed by atoms with E-state index in [1.807, 2.05) is 6.07 Å².